The third kappa shape index (κ3) is 3.27. The van der Waals surface area contributed by atoms with Crippen molar-refractivity contribution in [1.29, 1.82) is 0 Å². The number of carbonyl (C=O) groups excluding carboxylic acids is 2. The molecule has 0 amide bonds. The Hall–Kier alpha value is -2.10. The third-order valence-corrected chi connectivity index (χ3v) is 3.50. The second-order valence-electron chi connectivity index (χ2n) is 5.26. The van der Waals surface area contributed by atoms with E-state index in [9.17, 15) is 62.3 Å². The van der Waals surface area contributed by atoms with Gasteiger partial charge >= 0.3 is 24.7 Å². The Balaban J connectivity index is 3.73. The molecule has 0 bridgehead atoms. The molecule has 0 fully saturated rings. The Bertz CT molecular complexity index is 655. The van der Waals surface area contributed by atoms with Gasteiger partial charge in [0.25, 0.3) is 11.2 Å². The lowest BCUT2D eigenvalue weighted by Crippen LogP contribution is -2.62. The van der Waals surface area contributed by atoms with Gasteiger partial charge in [-0.2, -0.15) is 52.7 Å². The fourth-order valence-corrected chi connectivity index (χ4v) is 2.06. The second-order valence-corrected chi connectivity index (χ2v) is 5.26. The molecule has 0 heterocycles. The smallest absolute Gasteiger partial charge is 0.369 e. The lowest BCUT2D eigenvalue weighted by molar-refractivity contribution is -0.352. The predicted octanol–water partition coefficient (Wildman–Crippen LogP) is 2.70. The molecule has 0 aliphatic heterocycles. The highest BCUT2D eigenvalue weighted by molar-refractivity contribution is 6.21. The summed E-state index contributed by atoms with van der Waals surface area (Å²) in [5.41, 5.74) is -18.0. The van der Waals surface area contributed by atoms with Crippen LogP contribution in [0.5, 0.6) is 0 Å². The van der Waals surface area contributed by atoms with Gasteiger partial charge in [-0.25, -0.2) is 0 Å². The summed E-state index contributed by atoms with van der Waals surface area (Å²) in [4.78, 5) is 23.0. The molecule has 4 nitrogen and oxygen atoms in total. The van der Waals surface area contributed by atoms with E-state index in [1.54, 1.807) is 0 Å². The zero-order valence-electron chi connectivity index (χ0n) is 12.4. The number of ketones is 2. The van der Waals surface area contributed by atoms with Gasteiger partial charge in [0.05, 0.1) is 11.1 Å². The molecule has 28 heavy (non-hydrogen) atoms. The molecule has 16 heteroatoms. The summed E-state index contributed by atoms with van der Waals surface area (Å²) in [5.74, 6) is -5.72. The quantitative estimate of drug-likeness (QED) is 0.512. The highest BCUT2D eigenvalue weighted by atomic mass is 19.4. The summed E-state index contributed by atoms with van der Waals surface area (Å²) >= 11 is 0. The van der Waals surface area contributed by atoms with Gasteiger partial charge in [0, 0.05) is 0 Å². The molecule has 1 aliphatic carbocycles. The maximum Gasteiger partial charge on any atom is 0.430 e. The first-order chi connectivity index (χ1) is 12.0. The Kier molecular flexibility index (Phi) is 5.30. The van der Waals surface area contributed by atoms with Crippen LogP contribution in [-0.4, -0.2) is 57.7 Å². The molecule has 0 saturated heterocycles. The lowest BCUT2D eigenvalue weighted by atomic mass is 9.78. The zero-order valence-corrected chi connectivity index (χ0v) is 12.4. The first kappa shape index (κ1) is 23.9. The Morgan fingerprint density at radius 3 is 0.821 bits per heavy atom. The molecule has 0 aromatic carbocycles. The first-order valence-corrected chi connectivity index (χ1v) is 6.28. The highest BCUT2D eigenvalue weighted by Gasteiger charge is 2.76. The number of hydrogen-bond acceptors (Lipinski definition) is 4. The van der Waals surface area contributed by atoms with E-state index >= 15 is 0 Å². The average molecular weight is 440 g/mol. The minimum atomic E-state index is -6.75. The third-order valence-electron chi connectivity index (χ3n) is 3.50. The van der Waals surface area contributed by atoms with E-state index in [2.05, 4.69) is 0 Å². The van der Waals surface area contributed by atoms with Crippen LogP contribution in [0.25, 0.3) is 0 Å². The monoisotopic (exact) mass is 440 g/mol. The normalized spacial score (nSPS) is 18.2. The van der Waals surface area contributed by atoms with Crippen LogP contribution in [0.15, 0.2) is 23.3 Å². The molecule has 0 aromatic rings. The van der Waals surface area contributed by atoms with E-state index in [4.69, 9.17) is 10.2 Å². The van der Waals surface area contributed by atoms with Crippen molar-refractivity contribution < 1.29 is 72.5 Å². The van der Waals surface area contributed by atoms with E-state index in [1.807, 2.05) is 0 Å². The Morgan fingerprint density at radius 2 is 0.679 bits per heavy atom. The maximum absolute atomic E-state index is 12.7. The molecule has 160 valence electrons. The minimum absolute atomic E-state index is 1.19. The molecule has 0 atom stereocenters. The summed E-state index contributed by atoms with van der Waals surface area (Å²) in [6.45, 7) is 0. The van der Waals surface area contributed by atoms with Crippen LogP contribution in [-0.2, 0) is 9.59 Å². The average Bonchev–Trinajstić information content (AvgIpc) is 2.42. The van der Waals surface area contributed by atoms with Crippen molar-refractivity contribution in [2.45, 2.75) is 35.9 Å². The van der Waals surface area contributed by atoms with E-state index in [1.165, 1.54) is 0 Å². The number of alkyl halides is 12. The summed E-state index contributed by atoms with van der Waals surface area (Å²) < 4.78 is 152. The van der Waals surface area contributed by atoms with Crippen molar-refractivity contribution in [2.75, 3.05) is 0 Å². The maximum atomic E-state index is 12.7. The number of carbonyl (C=O) groups is 2. The van der Waals surface area contributed by atoms with Gasteiger partial charge in [0.2, 0.25) is 0 Å². The Morgan fingerprint density at radius 1 is 0.500 bits per heavy atom. The number of halogens is 12. The van der Waals surface area contributed by atoms with Crippen LogP contribution in [0.3, 0.4) is 0 Å². The van der Waals surface area contributed by atoms with E-state index in [0.29, 0.717) is 0 Å². The number of hydrogen-bond donors (Lipinski definition) is 2. The molecular weight excluding hydrogens is 436 g/mol. The van der Waals surface area contributed by atoms with Crippen LogP contribution in [0.1, 0.15) is 0 Å². The highest BCUT2D eigenvalue weighted by Crippen LogP contribution is 2.51. The largest absolute Gasteiger partial charge is 0.430 e. The number of allylic oxidation sites excluding steroid dienone is 2. The van der Waals surface area contributed by atoms with Gasteiger partial charge < -0.3 is 10.2 Å². The van der Waals surface area contributed by atoms with Crippen molar-refractivity contribution in [3.63, 3.8) is 0 Å². The molecule has 1 aliphatic rings. The summed E-state index contributed by atoms with van der Waals surface area (Å²) in [6.07, 6.45) is -29.4. The van der Waals surface area contributed by atoms with Gasteiger partial charge in [-0.1, -0.05) is 0 Å². The second kappa shape index (κ2) is 6.20. The zero-order chi connectivity index (χ0) is 22.7. The van der Waals surface area contributed by atoms with Crippen molar-refractivity contribution in [3.8, 4) is 0 Å². The minimum Gasteiger partial charge on any atom is -0.369 e. The van der Waals surface area contributed by atoms with Gasteiger partial charge in [-0.15, -0.1) is 0 Å². The summed E-state index contributed by atoms with van der Waals surface area (Å²) in [7, 11) is 0. The lowest BCUT2D eigenvalue weighted by Gasteiger charge is -2.37. The standard InChI is InChI=1S/C12H4F12O4/c13-9(14,15)7(27,10(16,17)18)3-1-5(25)4(2-6(3)26)8(28,11(19,20)21)12(22,23)24/h1-2,27-28H. The van der Waals surface area contributed by atoms with E-state index in [-0.39, 0.29) is 0 Å². The summed E-state index contributed by atoms with van der Waals surface area (Å²) in [6, 6.07) is 0. The van der Waals surface area contributed by atoms with Crippen molar-refractivity contribution in [2.24, 2.45) is 0 Å². The van der Waals surface area contributed by atoms with Crippen LogP contribution in [0.4, 0.5) is 52.7 Å². The van der Waals surface area contributed by atoms with Crippen LogP contribution in [0, 0.1) is 0 Å². The SMILES string of the molecule is O=C1C=C(C(O)(C(F)(F)F)C(F)(F)F)C(=O)C=C1C(O)(C(F)(F)F)C(F)(F)F. The van der Waals surface area contributed by atoms with Crippen molar-refractivity contribution in [1.82, 2.24) is 0 Å². The van der Waals surface area contributed by atoms with Gasteiger partial charge in [0.1, 0.15) is 0 Å². The molecule has 0 spiro atoms. The van der Waals surface area contributed by atoms with E-state index < -0.39 is 70.8 Å². The molecular formula is C12H4F12O4. The molecule has 1 rings (SSSR count). The van der Waals surface area contributed by atoms with Crippen LogP contribution >= 0.6 is 0 Å². The van der Waals surface area contributed by atoms with Crippen molar-refractivity contribution in [3.05, 3.63) is 23.3 Å². The predicted molar refractivity (Wildman–Crippen MR) is 60.3 cm³/mol. The van der Waals surface area contributed by atoms with Gasteiger partial charge in [-0.3, -0.25) is 9.59 Å². The topological polar surface area (TPSA) is 74.6 Å². The number of aliphatic hydroxyl groups is 2. The Labute approximate surface area is 144 Å². The molecule has 2 N–H and O–H groups in total. The van der Waals surface area contributed by atoms with Crippen LogP contribution in [0.2, 0.25) is 0 Å². The van der Waals surface area contributed by atoms with Gasteiger partial charge in [-0.05, 0) is 12.2 Å². The molecule has 0 unspecified atom stereocenters. The molecule has 0 aromatic heterocycles. The first-order valence-electron chi connectivity index (χ1n) is 6.28. The van der Waals surface area contributed by atoms with E-state index in [0.717, 1.165) is 0 Å². The fraction of sp³-hybridized carbons (Fsp3) is 0.500. The molecule has 0 saturated carbocycles. The fourth-order valence-electron chi connectivity index (χ4n) is 2.06. The summed E-state index contributed by atoms with van der Waals surface area (Å²) in [5, 5.41) is 18.0. The van der Waals surface area contributed by atoms with Gasteiger partial charge in [0.15, 0.2) is 11.6 Å². The molecule has 0 radical (unpaired) electrons. The number of rotatable bonds is 2. The van der Waals surface area contributed by atoms with Crippen molar-refractivity contribution >= 4 is 11.6 Å². The van der Waals surface area contributed by atoms with Crippen LogP contribution < -0.4 is 0 Å².